The average Bonchev–Trinajstić information content (AvgIpc) is 1.73. The predicted molar refractivity (Wildman–Crippen MR) is 69.0 cm³/mol. The van der Waals surface area contributed by atoms with Gasteiger partial charge in [0.05, 0.1) is 6.67 Å². The minimum Gasteiger partial charge on any atom is -0.293 e. The first-order valence-electron chi connectivity index (χ1n) is 5.87. The van der Waals surface area contributed by atoms with Gasteiger partial charge in [0, 0.05) is 13.1 Å². The van der Waals surface area contributed by atoms with Crippen molar-refractivity contribution in [1.29, 1.82) is 0 Å². The monoisotopic (exact) mass is 214 g/mol. The van der Waals surface area contributed by atoms with E-state index in [2.05, 4.69) is 65.4 Å². The molecule has 0 rings (SSSR count). The molecular formula is C13H30N2. The smallest absolute Gasteiger partial charge is 0.0500 e. The molecule has 0 unspecified atom stereocenters. The van der Waals surface area contributed by atoms with Crippen LogP contribution in [0.2, 0.25) is 0 Å². The molecule has 0 aliphatic rings. The Kier molecular flexibility index (Phi) is 5.28. The van der Waals surface area contributed by atoms with Crippen LogP contribution in [0.5, 0.6) is 0 Å². The molecule has 0 aromatic heterocycles. The van der Waals surface area contributed by atoms with Gasteiger partial charge in [-0.2, -0.15) is 0 Å². The fraction of sp³-hybridized carbons (Fsp3) is 1.00. The number of nitrogens with zero attached hydrogens (tertiary/aromatic N) is 2. The third kappa shape index (κ3) is 10.2. The maximum Gasteiger partial charge on any atom is 0.0500 e. The summed E-state index contributed by atoms with van der Waals surface area (Å²) in [5.74, 6) is 0. The SMILES string of the molecule is CN(CN(C)CC(C)(C)C)CC(C)(C)C. The van der Waals surface area contributed by atoms with Gasteiger partial charge in [-0.1, -0.05) is 41.5 Å². The molecule has 0 aliphatic heterocycles. The average molecular weight is 214 g/mol. The summed E-state index contributed by atoms with van der Waals surface area (Å²) in [4.78, 5) is 4.79. The van der Waals surface area contributed by atoms with Crippen molar-refractivity contribution >= 4 is 0 Å². The maximum atomic E-state index is 2.39. The molecule has 0 saturated heterocycles. The molecule has 0 bridgehead atoms. The zero-order chi connectivity index (χ0) is 12.3. The molecule has 15 heavy (non-hydrogen) atoms. The van der Waals surface area contributed by atoms with E-state index >= 15 is 0 Å². The van der Waals surface area contributed by atoms with E-state index in [1.807, 2.05) is 0 Å². The maximum absolute atomic E-state index is 2.39. The van der Waals surface area contributed by atoms with E-state index < -0.39 is 0 Å². The Balaban J connectivity index is 3.92. The van der Waals surface area contributed by atoms with Gasteiger partial charge in [-0.3, -0.25) is 9.80 Å². The summed E-state index contributed by atoms with van der Waals surface area (Å²) in [6, 6.07) is 0. The molecule has 0 N–H and O–H groups in total. The second-order valence-corrected chi connectivity index (χ2v) is 7.29. The van der Waals surface area contributed by atoms with E-state index in [0.717, 1.165) is 19.8 Å². The summed E-state index contributed by atoms with van der Waals surface area (Å²) in [5, 5.41) is 0. The van der Waals surface area contributed by atoms with Crippen molar-refractivity contribution in [1.82, 2.24) is 9.80 Å². The van der Waals surface area contributed by atoms with Crippen molar-refractivity contribution < 1.29 is 0 Å². The Morgan fingerprint density at radius 3 is 1.13 bits per heavy atom. The number of hydrogen-bond donors (Lipinski definition) is 0. The largest absolute Gasteiger partial charge is 0.293 e. The lowest BCUT2D eigenvalue weighted by Crippen LogP contribution is -2.40. The molecule has 0 heterocycles. The van der Waals surface area contributed by atoms with Crippen LogP contribution >= 0.6 is 0 Å². The molecule has 0 aromatic rings. The molecule has 0 saturated carbocycles. The molecule has 0 aliphatic carbocycles. The van der Waals surface area contributed by atoms with Crippen LogP contribution in [0.1, 0.15) is 41.5 Å². The highest BCUT2D eigenvalue weighted by molar-refractivity contribution is 4.69. The van der Waals surface area contributed by atoms with Crippen molar-refractivity contribution in [2.24, 2.45) is 10.8 Å². The van der Waals surface area contributed by atoms with Gasteiger partial charge < -0.3 is 0 Å². The summed E-state index contributed by atoms with van der Waals surface area (Å²) in [6.45, 7) is 17.0. The molecule has 0 spiro atoms. The molecule has 0 fully saturated rings. The quantitative estimate of drug-likeness (QED) is 0.664. The van der Waals surface area contributed by atoms with E-state index in [-0.39, 0.29) is 0 Å². The van der Waals surface area contributed by atoms with Crippen LogP contribution in [0.4, 0.5) is 0 Å². The highest BCUT2D eigenvalue weighted by Gasteiger charge is 2.17. The van der Waals surface area contributed by atoms with Crippen LogP contribution < -0.4 is 0 Å². The standard InChI is InChI=1S/C13H30N2/c1-12(2,3)9-14(7)11-15(8)10-13(4,5)6/h9-11H2,1-8H3. The summed E-state index contributed by atoms with van der Waals surface area (Å²) in [5.41, 5.74) is 0.772. The third-order valence-electron chi connectivity index (χ3n) is 1.97. The van der Waals surface area contributed by atoms with Gasteiger partial charge in [0.2, 0.25) is 0 Å². The molecular weight excluding hydrogens is 184 g/mol. The van der Waals surface area contributed by atoms with Gasteiger partial charge in [0.15, 0.2) is 0 Å². The first-order valence-corrected chi connectivity index (χ1v) is 5.87. The fourth-order valence-electron chi connectivity index (χ4n) is 2.13. The molecule has 0 aromatic carbocycles. The number of hydrogen-bond acceptors (Lipinski definition) is 2. The van der Waals surface area contributed by atoms with Crippen LogP contribution in [0.3, 0.4) is 0 Å². The highest BCUT2D eigenvalue weighted by atomic mass is 15.3. The van der Waals surface area contributed by atoms with Crippen molar-refractivity contribution in [3.63, 3.8) is 0 Å². The normalized spacial score (nSPS) is 14.0. The Morgan fingerprint density at radius 2 is 0.933 bits per heavy atom. The summed E-state index contributed by atoms with van der Waals surface area (Å²) in [7, 11) is 4.40. The van der Waals surface area contributed by atoms with Gasteiger partial charge in [-0.25, -0.2) is 0 Å². The van der Waals surface area contributed by atoms with E-state index in [4.69, 9.17) is 0 Å². The summed E-state index contributed by atoms with van der Waals surface area (Å²) >= 11 is 0. The Morgan fingerprint density at radius 1 is 0.667 bits per heavy atom. The third-order valence-corrected chi connectivity index (χ3v) is 1.97. The van der Waals surface area contributed by atoms with Gasteiger partial charge in [0.25, 0.3) is 0 Å². The van der Waals surface area contributed by atoms with Crippen LogP contribution in [0, 0.1) is 10.8 Å². The van der Waals surface area contributed by atoms with Crippen LogP contribution in [0.15, 0.2) is 0 Å². The van der Waals surface area contributed by atoms with Crippen LogP contribution in [-0.2, 0) is 0 Å². The molecule has 0 atom stereocenters. The van der Waals surface area contributed by atoms with Crippen molar-refractivity contribution in [3.05, 3.63) is 0 Å². The summed E-state index contributed by atoms with van der Waals surface area (Å²) < 4.78 is 0. The molecule has 0 amide bonds. The molecule has 2 nitrogen and oxygen atoms in total. The minimum atomic E-state index is 0.386. The lowest BCUT2D eigenvalue weighted by atomic mass is 9.96. The van der Waals surface area contributed by atoms with E-state index in [0.29, 0.717) is 10.8 Å². The Labute approximate surface area is 96.6 Å². The second-order valence-electron chi connectivity index (χ2n) is 7.29. The van der Waals surface area contributed by atoms with Gasteiger partial charge in [0.1, 0.15) is 0 Å². The van der Waals surface area contributed by atoms with Crippen LogP contribution in [-0.4, -0.2) is 43.7 Å². The number of rotatable bonds is 4. The topological polar surface area (TPSA) is 6.48 Å². The van der Waals surface area contributed by atoms with Crippen molar-refractivity contribution in [2.75, 3.05) is 33.9 Å². The lowest BCUT2D eigenvalue weighted by Gasteiger charge is -2.33. The van der Waals surface area contributed by atoms with E-state index in [1.165, 1.54) is 0 Å². The lowest BCUT2D eigenvalue weighted by molar-refractivity contribution is 0.115. The predicted octanol–water partition coefficient (Wildman–Crippen LogP) is 2.90. The molecule has 0 radical (unpaired) electrons. The minimum absolute atomic E-state index is 0.386. The van der Waals surface area contributed by atoms with Crippen molar-refractivity contribution in [3.8, 4) is 0 Å². The zero-order valence-corrected chi connectivity index (χ0v) is 12.0. The van der Waals surface area contributed by atoms with Gasteiger partial charge in [-0.05, 0) is 24.9 Å². The Bertz CT molecular complexity index is 154. The van der Waals surface area contributed by atoms with Gasteiger partial charge in [-0.15, -0.1) is 0 Å². The highest BCUT2D eigenvalue weighted by Crippen LogP contribution is 2.16. The Hall–Kier alpha value is -0.0800. The first kappa shape index (κ1) is 14.9. The zero-order valence-electron chi connectivity index (χ0n) is 12.0. The first-order chi connectivity index (χ1) is 6.49. The molecule has 2 heteroatoms. The van der Waals surface area contributed by atoms with Gasteiger partial charge >= 0.3 is 0 Å². The molecule has 92 valence electrons. The van der Waals surface area contributed by atoms with E-state index in [1.54, 1.807) is 0 Å². The van der Waals surface area contributed by atoms with Crippen molar-refractivity contribution in [2.45, 2.75) is 41.5 Å². The van der Waals surface area contributed by atoms with Crippen LogP contribution in [0.25, 0.3) is 0 Å². The second kappa shape index (κ2) is 5.31. The summed E-state index contributed by atoms with van der Waals surface area (Å²) in [6.07, 6.45) is 0. The fourth-order valence-corrected chi connectivity index (χ4v) is 2.13. The van der Waals surface area contributed by atoms with E-state index in [9.17, 15) is 0 Å².